The van der Waals surface area contributed by atoms with Crippen molar-refractivity contribution in [2.75, 3.05) is 33.2 Å². The third-order valence-electron chi connectivity index (χ3n) is 3.04. The van der Waals surface area contributed by atoms with Gasteiger partial charge < -0.3 is 10.2 Å². The normalized spacial score (nSPS) is 14.4. The van der Waals surface area contributed by atoms with Crippen LogP contribution in [0.5, 0.6) is 0 Å². The first-order chi connectivity index (χ1) is 7.35. The molecule has 0 amide bonds. The second-order valence-corrected chi connectivity index (χ2v) is 6.34. The van der Waals surface area contributed by atoms with Crippen LogP contribution >= 0.6 is 0 Å². The highest BCUT2D eigenvalue weighted by Crippen LogP contribution is 2.16. The quantitative estimate of drug-likeness (QED) is 0.643. The van der Waals surface area contributed by atoms with E-state index in [9.17, 15) is 0 Å². The summed E-state index contributed by atoms with van der Waals surface area (Å²) in [6.45, 7) is 16.1. The van der Waals surface area contributed by atoms with Crippen molar-refractivity contribution in [3.8, 4) is 0 Å². The van der Waals surface area contributed by atoms with Crippen molar-refractivity contribution in [2.45, 2.75) is 47.5 Å². The lowest BCUT2D eigenvalue weighted by molar-refractivity contribution is 0.278. The third kappa shape index (κ3) is 10.4. The van der Waals surface area contributed by atoms with Crippen LogP contribution in [0.25, 0.3) is 0 Å². The lowest BCUT2D eigenvalue weighted by atomic mass is 9.92. The highest BCUT2D eigenvalue weighted by Gasteiger charge is 2.09. The first-order valence-electron chi connectivity index (χ1n) is 6.74. The Balaban J connectivity index is 3.38. The molecule has 0 aromatic carbocycles. The van der Waals surface area contributed by atoms with Crippen LogP contribution in [-0.2, 0) is 0 Å². The average Bonchev–Trinajstić information content (AvgIpc) is 2.15. The van der Waals surface area contributed by atoms with Gasteiger partial charge in [0, 0.05) is 19.6 Å². The van der Waals surface area contributed by atoms with Gasteiger partial charge in [0.25, 0.3) is 0 Å². The zero-order valence-electron chi connectivity index (χ0n) is 12.3. The van der Waals surface area contributed by atoms with Crippen molar-refractivity contribution in [1.29, 1.82) is 0 Å². The molecule has 0 saturated heterocycles. The van der Waals surface area contributed by atoms with E-state index in [2.05, 4.69) is 51.9 Å². The van der Waals surface area contributed by atoms with Crippen molar-refractivity contribution in [2.24, 2.45) is 11.3 Å². The van der Waals surface area contributed by atoms with E-state index in [0.717, 1.165) is 25.6 Å². The molecule has 0 radical (unpaired) electrons. The van der Waals surface area contributed by atoms with Gasteiger partial charge in [-0.1, -0.05) is 41.0 Å². The minimum Gasteiger partial charge on any atom is -0.315 e. The SMILES string of the molecule is CCC(C)CN(C)CCNCCC(C)(C)C. The molecule has 0 spiro atoms. The van der Waals surface area contributed by atoms with E-state index < -0.39 is 0 Å². The van der Waals surface area contributed by atoms with Crippen molar-refractivity contribution in [3.63, 3.8) is 0 Å². The summed E-state index contributed by atoms with van der Waals surface area (Å²) in [4.78, 5) is 2.43. The van der Waals surface area contributed by atoms with Crippen LogP contribution in [0.3, 0.4) is 0 Å². The molecular formula is C14H32N2. The molecule has 2 heteroatoms. The van der Waals surface area contributed by atoms with E-state index in [1.807, 2.05) is 0 Å². The number of nitrogens with zero attached hydrogens (tertiary/aromatic N) is 1. The van der Waals surface area contributed by atoms with Gasteiger partial charge in [0.2, 0.25) is 0 Å². The van der Waals surface area contributed by atoms with Crippen LogP contribution < -0.4 is 5.32 Å². The summed E-state index contributed by atoms with van der Waals surface area (Å²) in [5.74, 6) is 0.819. The van der Waals surface area contributed by atoms with Gasteiger partial charge in [-0.25, -0.2) is 0 Å². The molecule has 0 aliphatic carbocycles. The molecule has 0 bridgehead atoms. The molecule has 0 aliphatic heterocycles. The van der Waals surface area contributed by atoms with Gasteiger partial charge in [-0.05, 0) is 31.3 Å². The zero-order chi connectivity index (χ0) is 12.6. The Bertz CT molecular complexity index is 161. The molecule has 98 valence electrons. The average molecular weight is 228 g/mol. The summed E-state index contributed by atoms with van der Waals surface area (Å²) in [6, 6.07) is 0. The van der Waals surface area contributed by atoms with Crippen LogP contribution in [0.4, 0.5) is 0 Å². The summed E-state index contributed by atoms with van der Waals surface area (Å²) in [7, 11) is 2.22. The van der Waals surface area contributed by atoms with Crippen LogP contribution in [0.1, 0.15) is 47.5 Å². The Hall–Kier alpha value is -0.0800. The van der Waals surface area contributed by atoms with Gasteiger partial charge in [-0.2, -0.15) is 0 Å². The maximum absolute atomic E-state index is 3.52. The first kappa shape index (κ1) is 15.9. The molecule has 0 aliphatic rings. The Labute approximate surface area is 103 Å². The smallest absolute Gasteiger partial charge is 0.0104 e. The minimum absolute atomic E-state index is 0.454. The molecule has 1 N–H and O–H groups in total. The number of likely N-dealkylation sites (N-methyl/N-ethyl adjacent to an activating group) is 1. The van der Waals surface area contributed by atoms with Gasteiger partial charge >= 0.3 is 0 Å². The fourth-order valence-corrected chi connectivity index (χ4v) is 1.61. The van der Waals surface area contributed by atoms with Gasteiger partial charge in [0.15, 0.2) is 0 Å². The lowest BCUT2D eigenvalue weighted by Gasteiger charge is -2.22. The van der Waals surface area contributed by atoms with Crippen molar-refractivity contribution < 1.29 is 0 Å². The van der Waals surface area contributed by atoms with Gasteiger partial charge in [0.1, 0.15) is 0 Å². The Morgan fingerprint density at radius 1 is 1.19 bits per heavy atom. The van der Waals surface area contributed by atoms with Crippen LogP contribution in [0.15, 0.2) is 0 Å². The highest BCUT2D eigenvalue weighted by molar-refractivity contribution is 4.64. The van der Waals surface area contributed by atoms with Crippen molar-refractivity contribution in [1.82, 2.24) is 10.2 Å². The van der Waals surface area contributed by atoms with Gasteiger partial charge in [-0.15, -0.1) is 0 Å². The Morgan fingerprint density at radius 2 is 1.81 bits per heavy atom. The lowest BCUT2D eigenvalue weighted by Crippen LogP contribution is -2.33. The second kappa shape index (κ2) is 8.08. The molecule has 0 rings (SSSR count). The molecule has 0 heterocycles. The Kier molecular flexibility index (Phi) is 8.04. The van der Waals surface area contributed by atoms with E-state index >= 15 is 0 Å². The van der Waals surface area contributed by atoms with Crippen molar-refractivity contribution >= 4 is 0 Å². The summed E-state index contributed by atoms with van der Waals surface area (Å²) >= 11 is 0. The molecule has 0 aromatic rings. The first-order valence-corrected chi connectivity index (χ1v) is 6.74. The fraction of sp³-hybridized carbons (Fsp3) is 1.00. The standard InChI is InChI=1S/C14H32N2/c1-7-13(2)12-16(6)11-10-15-9-8-14(3,4)5/h13,15H,7-12H2,1-6H3. The van der Waals surface area contributed by atoms with Gasteiger partial charge in [-0.3, -0.25) is 0 Å². The monoisotopic (exact) mass is 228 g/mol. The number of hydrogen-bond donors (Lipinski definition) is 1. The van der Waals surface area contributed by atoms with Gasteiger partial charge in [0.05, 0.1) is 0 Å². The van der Waals surface area contributed by atoms with E-state index in [0.29, 0.717) is 5.41 Å². The molecule has 0 fully saturated rings. The largest absolute Gasteiger partial charge is 0.315 e. The molecule has 0 aromatic heterocycles. The number of nitrogens with one attached hydrogen (secondary N) is 1. The predicted molar refractivity (Wildman–Crippen MR) is 73.9 cm³/mol. The van der Waals surface area contributed by atoms with E-state index in [-0.39, 0.29) is 0 Å². The maximum atomic E-state index is 3.52. The molecule has 16 heavy (non-hydrogen) atoms. The number of hydrogen-bond acceptors (Lipinski definition) is 2. The summed E-state index contributed by atoms with van der Waals surface area (Å²) in [6.07, 6.45) is 2.53. The summed E-state index contributed by atoms with van der Waals surface area (Å²) in [5.41, 5.74) is 0.454. The van der Waals surface area contributed by atoms with E-state index in [4.69, 9.17) is 0 Å². The van der Waals surface area contributed by atoms with Crippen molar-refractivity contribution in [3.05, 3.63) is 0 Å². The third-order valence-corrected chi connectivity index (χ3v) is 3.04. The molecule has 2 nitrogen and oxygen atoms in total. The molecule has 1 unspecified atom stereocenters. The molecule has 0 saturated carbocycles. The predicted octanol–water partition coefficient (Wildman–Crippen LogP) is 2.99. The number of rotatable bonds is 8. The second-order valence-electron chi connectivity index (χ2n) is 6.34. The topological polar surface area (TPSA) is 15.3 Å². The van der Waals surface area contributed by atoms with E-state index in [1.54, 1.807) is 0 Å². The van der Waals surface area contributed by atoms with Crippen LogP contribution in [0.2, 0.25) is 0 Å². The molecule has 1 atom stereocenters. The highest BCUT2D eigenvalue weighted by atomic mass is 15.1. The minimum atomic E-state index is 0.454. The zero-order valence-corrected chi connectivity index (χ0v) is 12.3. The maximum Gasteiger partial charge on any atom is 0.0104 e. The summed E-state index contributed by atoms with van der Waals surface area (Å²) in [5, 5.41) is 3.52. The molecular weight excluding hydrogens is 196 g/mol. The summed E-state index contributed by atoms with van der Waals surface area (Å²) < 4.78 is 0. The fourth-order valence-electron chi connectivity index (χ4n) is 1.61. The van der Waals surface area contributed by atoms with E-state index in [1.165, 1.54) is 19.4 Å². The van der Waals surface area contributed by atoms with Crippen LogP contribution in [-0.4, -0.2) is 38.1 Å². The Morgan fingerprint density at radius 3 is 2.31 bits per heavy atom. The van der Waals surface area contributed by atoms with Crippen LogP contribution in [0, 0.1) is 11.3 Å².